The Labute approximate surface area is 129 Å². The first-order valence-corrected chi connectivity index (χ1v) is 8.74. The van der Waals surface area contributed by atoms with E-state index in [1.165, 1.54) is 44.2 Å². The summed E-state index contributed by atoms with van der Waals surface area (Å²) in [7, 11) is 2.13. The van der Waals surface area contributed by atoms with Gasteiger partial charge in [-0.15, -0.1) is 0 Å². The van der Waals surface area contributed by atoms with Crippen LogP contribution in [0.2, 0.25) is 0 Å². The predicted molar refractivity (Wildman–Crippen MR) is 89.7 cm³/mol. The molecule has 1 aromatic carbocycles. The zero-order chi connectivity index (χ0) is 14.8. The summed E-state index contributed by atoms with van der Waals surface area (Å²) in [5.74, 6) is 0.672. The lowest BCUT2D eigenvalue weighted by Gasteiger charge is -2.45. The van der Waals surface area contributed by atoms with Gasteiger partial charge in [0.15, 0.2) is 0 Å². The maximum atomic E-state index is 3.63. The van der Waals surface area contributed by atoms with E-state index in [0.717, 1.165) is 6.04 Å². The van der Waals surface area contributed by atoms with Crippen molar-refractivity contribution in [3.05, 3.63) is 35.4 Å². The van der Waals surface area contributed by atoms with E-state index in [2.05, 4.69) is 55.4 Å². The average molecular weight is 286 g/mol. The van der Waals surface area contributed by atoms with Gasteiger partial charge < -0.3 is 5.32 Å². The standard InChI is InChI=1S/C19H30N2/c1-14-13-18(21-12-8-4-5-9-15(21)2)19(20-3)17-11-7-6-10-16(14)17/h6-7,10-11,14-15,18-20H,4-5,8-9,12-13H2,1-3H3. The maximum Gasteiger partial charge on any atom is 0.0478 e. The summed E-state index contributed by atoms with van der Waals surface area (Å²) in [6.45, 7) is 6.11. The largest absolute Gasteiger partial charge is 0.312 e. The van der Waals surface area contributed by atoms with Crippen LogP contribution in [0.4, 0.5) is 0 Å². The van der Waals surface area contributed by atoms with Crippen molar-refractivity contribution in [2.45, 2.75) is 70.0 Å². The van der Waals surface area contributed by atoms with Gasteiger partial charge in [0.2, 0.25) is 0 Å². The van der Waals surface area contributed by atoms with Crippen LogP contribution in [0.3, 0.4) is 0 Å². The van der Waals surface area contributed by atoms with Crippen molar-refractivity contribution < 1.29 is 0 Å². The summed E-state index contributed by atoms with van der Waals surface area (Å²) in [6.07, 6.45) is 6.83. The number of likely N-dealkylation sites (N-methyl/N-ethyl adjacent to an activating group) is 1. The fourth-order valence-corrected chi connectivity index (χ4v) is 4.54. The molecule has 3 rings (SSSR count). The first kappa shape index (κ1) is 15.1. The molecule has 4 atom stereocenters. The molecule has 1 aliphatic heterocycles. The second-order valence-corrected chi connectivity index (χ2v) is 7.04. The highest BCUT2D eigenvalue weighted by Gasteiger charge is 2.37. The molecule has 1 N–H and O–H groups in total. The molecule has 0 amide bonds. The minimum absolute atomic E-state index is 0.484. The Morgan fingerprint density at radius 1 is 1.05 bits per heavy atom. The number of likely N-dealkylation sites (tertiary alicyclic amines) is 1. The molecule has 1 heterocycles. The molecular weight excluding hydrogens is 256 g/mol. The number of hydrogen-bond donors (Lipinski definition) is 1. The van der Waals surface area contributed by atoms with E-state index < -0.39 is 0 Å². The molecule has 0 radical (unpaired) electrons. The maximum absolute atomic E-state index is 3.63. The first-order valence-electron chi connectivity index (χ1n) is 8.74. The summed E-state index contributed by atoms with van der Waals surface area (Å²) >= 11 is 0. The van der Waals surface area contributed by atoms with Crippen LogP contribution in [-0.4, -0.2) is 30.6 Å². The molecule has 1 fully saturated rings. The lowest BCUT2D eigenvalue weighted by atomic mass is 9.77. The summed E-state index contributed by atoms with van der Waals surface area (Å²) in [6, 6.07) is 10.9. The molecular formula is C19H30N2. The summed E-state index contributed by atoms with van der Waals surface area (Å²) in [5.41, 5.74) is 3.08. The van der Waals surface area contributed by atoms with Crippen molar-refractivity contribution in [2.75, 3.05) is 13.6 Å². The van der Waals surface area contributed by atoms with E-state index >= 15 is 0 Å². The van der Waals surface area contributed by atoms with Gasteiger partial charge in [0.05, 0.1) is 0 Å². The van der Waals surface area contributed by atoms with E-state index in [1.54, 1.807) is 5.56 Å². The molecule has 1 aromatic rings. The summed E-state index contributed by atoms with van der Waals surface area (Å²) in [4.78, 5) is 2.81. The van der Waals surface area contributed by atoms with Crippen molar-refractivity contribution in [1.82, 2.24) is 10.2 Å². The average Bonchev–Trinajstić information content (AvgIpc) is 2.72. The van der Waals surface area contributed by atoms with E-state index in [-0.39, 0.29) is 0 Å². The Morgan fingerprint density at radius 2 is 1.81 bits per heavy atom. The molecule has 0 spiro atoms. The van der Waals surface area contributed by atoms with Gasteiger partial charge in [0.1, 0.15) is 0 Å². The number of benzene rings is 1. The molecule has 116 valence electrons. The number of nitrogens with zero attached hydrogens (tertiary/aromatic N) is 1. The number of rotatable bonds is 2. The third-order valence-electron chi connectivity index (χ3n) is 5.68. The molecule has 2 nitrogen and oxygen atoms in total. The van der Waals surface area contributed by atoms with Crippen LogP contribution < -0.4 is 5.32 Å². The van der Waals surface area contributed by atoms with Gasteiger partial charge in [-0.25, -0.2) is 0 Å². The Balaban J connectivity index is 1.92. The topological polar surface area (TPSA) is 15.3 Å². The highest BCUT2D eigenvalue weighted by molar-refractivity contribution is 5.36. The lowest BCUT2D eigenvalue weighted by Crippen LogP contribution is -2.50. The lowest BCUT2D eigenvalue weighted by molar-refractivity contribution is 0.0984. The van der Waals surface area contributed by atoms with Crippen LogP contribution in [0.1, 0.15) is 69.0 Å². The van der Waals surface area contributed by atoms with Crippen LogP contribution in [0, 0.1) is 0 Å². The second kappa shape index (κ2) is 6.50. The summed E-state index contributed by atoms with van der Waals surface area (Å²) < 4.78 is 0. The van der Waals surface area contributed by atoms with Gasteiger partial charge in [0.25, 0.3) is 0 Å². The summed E-state index contributed by atoms with van der Waals surface area (Å²) in [5, 5.41) is 3.63. The van der Waals surface area contributed by atoms with Crippen LogP contribution in [0.25, 0.3) is 0 Å². The molecule has 0 saturated carbocycles. The van der Waals surface area contributed by atoms with Crippen LogP contribution in [0.5, 0.6) is 0 Å². The van der Waals surface area contributed by atoms with Crippen molar-refractivity contribution in [3.8, 4) is 0 Å². The van der Waals surface area contributed by atoms with Gasteiger partial charge in [-0.3, -0.25) is 4.90 Å². The number of fused-ring (bicyclic) bond motifs is 1. The number of nitrogens with one attached hydrogen (secondary N) is 1. The monoisotopic (exact) mass is 286 g/mol. The Bertz CT molecular complexity index is 470. The van der Waals surface area contributed by atoms with Crippen LogP contribution in [0.15, 0.2) is 24.3 Å². The van der Waals surface area contributed by atoms with Crippen LogP contribution >= 0.6 is 0 Å². The fraction of sp³-hybridized carbons (Fsp3) is 0.684. The molecule has 4 unspecified atom stereocenters. The van der Waals surface area contributed by atoms with E-state index in [1.807, 2.05) is 0 Å². The third kappa shape index (κ3) is 2.89. The SMILES string of the molecule is CNC1c2ccccc2C(C)CC1N1CCCCCC1C. The second-order valence-electron chi connectivity index (χ2n) is 7.04. The number of hydrogen-bond acceptors (Lipinski definition) is 2. The van der Waals surface area contributed by atoms with Crippen molar-refractivity contribution >= 4 is 0 Å². The minimum atomic E-state index is 0.484. The molecule has 1 saturated heterocycles. The predicted octanol–water partition coefficient (Wildman–Crippen LogP) is 4.09. The van der Waals surface area contributed by atoms with E-state index in [0.29, 0.717) is 18.0 Å². The van der Waals surface area contributed by atoms with Crippen molar-refractivity contribution in [3.63, 3.8) is 0 Å². The van der Waals surface area contributed by atoms with E-state index in [9.17, 15) is 0 Å². The zero-order valence-corrected chi connectivity index (χ0v) is 13.8. The highest BCUT2D eigenvalue weighted by Crippen LogP contribution is 2.40. The van der Waals surface area contributed by atoms with Gasteiger partial charge >= 0.3 is 0 Å². The molecule has 0 bridgehead atoms. The molecule has 2 heteroatoms. The van der Waals surface area contributed by atoms with Crippen LogP contribution in [-0.2, 0) is 0 Å². The molecule has 0 aromatic heterocycles. The van der Waals surface area contributed by atoms with Gasteiger partial charge in [-0.2, -0.15) is 0 Å². The first-order chi connectivity index (χ1) is 10.2. The van der Waals surface area contributed by atoms with Crippen molar-refractivity contribution in [1.29, 1.82) is 0 Å². The molecule has 21 heavy (non-hydrogen) atoms. The van der Waals surface area contributed by atoms with Gasteiger partial charge in [-0.05, 0) is 56.8 Å². The molecule has 1 aliphatic carbocycles. The molecule has 2 aliphatic rings. The Hall–Kier alpha value is -0.860. The van der Waals surface area contributed by atoms with Gasteiger partial charge in [0, 0.05) is 18.1 Å². The van der Waals surface area contributed by atoms with Crippen molar-refractivity contribution in [2.24, 2.45) is 0 Å². The normalized spacial score (nSPS) is 34.2. The minimum Gasteiger partial charge on any atom is -0.312 e. The quantitative estimate of drug-likeness (QED) is 0.881. The fourth-order valence-electron chi connectivity index (χ4n) is 4.54. The third-order valence-corrected chi connectivity index (χ3v) is 5.68. The van der Waals surface area contributed by atoms with E-state index in [4.69, 9.17) is 0 Å². The Morgan fingerprint density at radius 3 is 2.57 bits per heavy atom. The zero-order valence-electron chi connectivity index (χ0n) is 13.8. The highest BCUT2D eigenvalue weighted by atomic mass is 15.2. The Kier molecular flexibility index (Phi) is 4.66. The van der Waals surface area contributed by atoms with Gasteiger partial charge in [-0.1, -0.05) is 44.0 Å². The smallest absolute Gasteiger partial charge is 0.0478 e.